The lowest BCUT2D eigenvalue weighted by Gasteiger charge is -2.51. The Bertz CT molecular complexity index is 823. The van der Waals surface area contributed by atoms with Crippen molar-refractivity contribution in [3.8, 4) is 0 Å². The van der Waals surface area contributed by atoms with E-state index in [1.165, 1.54) is 12.7 Å². The van der Waals surface area contributed by atoms with Crippen LogP contribution in [0.4, 0.5) is 5.82 Å². The molecule has 10 heteroatoms. The fourth-order valence-electron chi connectivity index (χ4n) is 4.00. The van der Waals surface area contributed by atoms with E-state index >= 15 is 0 Å². The van der Waals surface area contributed by atoms with Crippen LogP contribution in [0.5, 0.6) is 0 Å². The molecule has 0 aromatic carbocycles. The van der Waals surface area contributed by atoms with E-state index < -0.39 is 44.0 Å². The Hall–Kier alpha value is -1.59. The SMILES string of the molecule is C[Si](C)[C@@]1(n2cnc3c(N)ncnc32)O[C@H](CO)[C@@H](O)[C@]1(O)C(C)(C)C. The van der Waals surface area contributed by atoms with Crippen LogP contribution >= 0.6 is 0 Å². The second-order valence-electron chi connectivity index (χ2n) is 7.99. The number of nitrogen functional groups attached to an aromatic ring is 1. The fraction of sp³-hybridized carbons (Fsp3) is 0.688. The molecule has 143 valence electrons. The molecule has 2 aromatic rings. The van der Waals surface area contributed by atoms with E-state index in [0.29, 0.717) is 11.2 Å². The molecular weight excluding hydrogens is 354 g/mol. The van der Waals surface area contributed by atoms with Crippen molar-refractivity contribution in [2.45, 2.75) is 57.0 Å². The van der Waals surface area contributed by atoms with Crippen molar-refractivity contribution in [3.05, 3.63) is 12.7 Å². The Kier molecular flexibility index (Phi) is 4.40. The molecule has 26 heavy (non-hydrogen) atoms. The number of rotatable bonds is 3. The van der Waals surface area contributed by atoms with Crippen LogP contribution in [-0.4, -0.2) is 68.1 Å². The minimum atomic E-state index is -1.70. The molecule has 1 aliphatic heterocycles. The van der Waals surface area contributed by atoms with E-state index in [9.17, 15) is 15.3 Å². The molecule has 5 N–H and O–H groups in total. The molecule has 2 aromatic heterocycles. The van der Waals surface area contributed by atoms with Crippen LogP contribution in [0.1, 0.15) is 20.8 Å². The van der Waals surface area contributed by atoms with Gasteiger partial charge in [-0.2, -0.15) is 0 Å². The van der Waals surface area contributed by atoms with Crippen molar-refractivity contribution >= 4 is 25.8 Å². The number of anilines is 1. The molecule has 3 heterocycles. The Morgan fingerprint density at radius 1 is 1.31 bits per heavy atom. The molecule has 1 radical (unpaired) electrons. The molecule has 4 atom stereocenters. The van der Waals surface area contributed by atoms with Gasteiger partial charge in [0.15, 0.2) is 16.8 Å². The number of hydrogen-bond acceptors (Lipinski definition) is 8. The Morgan fingerprint density at radius 2 is 1.96 bits per heavy atom. The number of fused-ring (bicyclic) bond motifs is 1. The summed E-state index contributed by atoms with van der Waals surface area (Å²) in [6.07, 6.45) is 0.614. The maximum absolute atomic E-state index is 11.9. The van der Waals surface area contributed by atoms with Crippen molar-refractivity contribution in [3.63, 3.8) is 0 Å². The summed E-state index contributed by atoms with van der Waals surface area (Å²) in [7, 11) is -1.48. The maximum Gasteiger partial charge on any atom is 0.167 e. The van der Waals surface area contributed by atoms with Crippen LogP contribution in [0.3, 0.4) is 0 Å². The Balaban J connectivity index is 2.38. The van der Waals surface area contributed by atoms with Gasteiger partial charge in [0, 0.05) is 0 Å². The molecule has 0 bridgehead atoms. The van der Waals surface area contributed by atoms with Gasteiger partial charge in [-0.1, -0.05) is 33.9 Å². The maximum atomic E-state index is 11.9. The van der Waals surface area contributed by atoms with Gasteiger partial charge < -0.3 is 25.8 Å². The van der Waals surface area contributed by atoms with E-state index in [-0.39, 0.29) is 5.82 Å². The van der Waals surface area contributed by atoms with Gasteiger partial charge in [0.2, 0.25) is 0 Å². The second kappa shape index (κ2) is 5.96. The summed E-state index contributed by atoms with van der Waals surface area (Å²) >= 11 is 0. The number of imidazole rings is 1. The van der Waals surface area contributed by atoms with Crippen molar-refractivity contribution in [2.24, 2.45) is 5.41 Å². The van der Waals surface area contributed by atoms with Gasteiger partial charge in [0.05, 0.1) is 12.9 Å². The number of aromatic nitrogens is 4. The molecule has 0 aliphatic carbocycles. The van der Waals surface area contributed by atoms with Crippen LogP contribution in [0.25, 0.3) is 11.2 Å². The van der Waals surface area contributed by atoms with E-state index in [4.69, 9.17) is 10.5 Å². The van der Waals surface area contributed by atoms with Gasteiger partial charge in [-0.25, -0.2) is 15.0 Å². The first-order valence-corrected chi connectivity index (χ1v) is 11.0. The third kappa shape index (κ3) is 2.19. The quantitative estimate of drug-likeness (QED) is 0.541. The molecule has 9 nitrogen and oxygen atoms in total. The monoisotopic (exact) mass is 380 g/mol. The van der Waals surface area contributed by atoms with Crippen molar-refractivity contribution in [2.75, 3.05) is 12.3 Å². The first-order chi connectivity index (χ1) is 12.0. The Labute approximate surface area is 153 Å². The van der Waals surface area contributed by atoms with Gasteiger partial charge in [0.25, 0.3) is 0 Å². The van der Waals surface area contributed by atoms with Crippen molar-refractivity contribution in [1.29, 1.82) is 0 Å². The number of nitrogens with two attached hydrogens (primary N) is 1. The summed E-state index contributed by atoms with van der Waals surface area (Å²) in [5.74, 6) is 0.224. The molecular formula is C16H26N5O4Si. The third-order valence-corrected chi connectivity index (χ3v) is 7.42. The summed E-state index contributed by atoms with van der Waals surface area (Å²) in [5.41, 5.74) is 4.26. The van der Waals surface area contributed by atoms with Crippen LogP contribution < -0.4 is 5.73 Å². The lowest BCUT2D eigenvalue weighted by Crippen LogP contribution is -2.69. The van der Waals surface area contributed by atoms with Crippen molar-refractivity contribution < 1.29 is 20.1 Å². The number of nitrogens with zero attached hydrogens (tertiary/aromatic N) is 4. The van der Waals surface area contributed by atoms with E-state index in [0.717, 1.165) is 0 Å². The largest absolute Gasteiger partial charge is 0.394 e. The zero-order valence-corrected chi connectivity index (χ0v) is 16.6. The summed E-state index contributed by atoms with van der Waals surface area (Å²) in [6.45, 7) is 9.04. The zero-order chi connectivity index (χ0) is 19.5. The van der Waals surface area contributed by atoms with E-state index in [2.05, 4.69) is 15.0 Å². The molecule has 3 rings (SSSR count). The van der Waals surface area contributed by atoms with Gasteiger partial charge in [-0.15, -0.1) is 0 Å². The summed E-state index contributed by atoms with van der Waals surface area (Å²) in [6, 6.07) is 0. The van der Waals surface area contributed by atoms with E-state index in [1.807, 2.05) is 33.9 Å². The van der Waals surface area contributed by atoms with Gasteiger partial charge in [-0.05, 0) is 5.41 Å². The Morgan fingerprint density at radius 3 is 2.50 bits per heavy atom. The van der Waals surface area contributed by atoms with Crippen LogP contribution in [0.2, 0.25) is 13.1 Å². The molecule has 0 amide bonds. The normalized spacial score (nSPS) is 32.7. The first-order valence-electron chi connectivity index (χ1n) is 8.46. The lowest BCUT2D eigenvalue weighted by molar-refractivity contribution is -0.195. The predicted octanol–water partition coefficient (Wildman–Crippen LogP) is -0.116. The average Bonchev–Trinajstić information content (AvgIpc) is 3.08. The van der Waals surface area contributed by atoms with Crippen LogP contribution in [0.15, 0.2) is 12.7 Å². The first kappa shape index (κ1) is 19.2. The number of aliphatic hydroxyl groups excluding tert-OH is 2. The molecule has 0 saturated carbocycles. The standard InChI is InChI=1S/C16H26N5O4Si/c1-14(2,3)15(24)11(23)9(6-22)25-16(15,26(4)5)21-8-20-10-12(17)18-7-19-13(10)21/h7-9,11,22-24H,6H2,1-5H3,(H2,17,18,19)/t9-,11-,15+,16+/m1/s1. The smallest absolute Gasteiger partial charge is 0.167 e. The third-order valence-electron chi connectivity index (χ3n) is 5.32. The number of ether oxygens (including phenoxy) is 1. The highest BCUT2D eigenvalue weighted by atomic mass is 28.3. The fourth-order valence-corrected chi connectivity index (χ4v) is 6.31. The summed E-state index contributed by atoms with van der Waals surface area (Å²) in [5, 5.41) is 31.3. The highest BCUT2D eigenvalue weighted by molar-refractivity contribution is 6.58. The minimum absolute atomic E-state index is 0.224. The molecule has 1 aliphatic rings. The van der Waals surface area contributed by atoms with E-state index in [1.54, 1.807) is 4.57 Å². The minimum Gasteiger partial charge on any atom is -0.394 e. The number of aliphatic hydroxyl groups is 3. The van der Waals surface area contributed by atoms with Gasteiger partial charge in [-0.3, -0.25) is 4.57 Å². The highest BCUT2D eigenvalue weighted by Crippen LogP contribution is 2.54. The lowest BCUT2D eigenvalue weighted by atomic mass is 9.71. The number of hydrogen-bond donors (Lipinski definition) is 4. The van der Waals surface area contributed by atoms with Crippen LogP contribution in [0, 0.1) is 5.41 Å². The highest BCUT2D eigenvalue weighted by Gasteiger charge is 2.71. The van der Waals surface area contributed by atoms with Crippen LogP contribution in [-0.2, 0) is 10.1 Å². The molecule has 1 fully saturated rings. The predicted molar refractivity (Wildman–Crippen MR) is 97.6 cm³/mol. The molecule has 1 saturated heterocycles. The molecule has 0 unspecified atom stereocenters. The van der Waals surface area contributed by atoms with Crippen molar-refractivity contribution in [1.82, 2.24) is 19.5 Å². The van der Waals surface area contributed by atoms with Gasteiger partial charge in [0.1, 0.15) is 38.4 Å². The summed E-state index contributed by atoms with van der Waals surface area (Å²) < 4.78 is 7.88. The van der Waals surface area contributed by atoms with Gasteiger partial charge >= 0.3 is 0 Å². The topological polar surface area (TPSA) is 140 Å². The summed E-state index contributed by atoms with van der Waals surface area (Å²) in [4.78, 5) is 12.5. The average molecular weight is 381 g/mol. The second-order valence-corrected chi connectivity index (χ2v) is 10.7. The zero-order valence-electron chi connectivity index (χ0n) is 15.6. The molecule has 0 spiro atoms.